The number of fused-ring (bicyclic) bond motifs is 2. The number of hydrogen-bond acceptors (Lipinski definition) is 7. The fraction of sp³-hybridized carbons (Fsp3) is 0.469. The van der Waals surface area contributed by atoms with E-state index in [1.165, 1.54) is 56.7 Å². The lowest BCUT2D eigenvalue weighted by molar-refractivity contribution is 0.0306. The van der Waals surface area contributed by atoms with E-state index in [4.69, 9.17) is 4.98 Å². The zero-order chi connectivity index (χ0) is 28.0. The Labute approximate surface area is 240 Å². The van der Waals surface area contributed by atoms with E-state index in [0.717, 1.165) is 36.8 Å². The normalized spacial score (nSPS) is 22.3. The van der Waals surface area contributed by atoms with Gasteiger partial charge in [-0.15, -0.1) is 0 Å². The summed E-state index contributed by atoms with van der Waals surface area (Å²) in [5.41, 5.74) is 3.49. The van der Waals surface area contributed by atoms with Gasteiger partial charge < -0.3 is 20.6 Å². The summed E-state index contributed by atoms with van der Waals surface area (Å²) in [5, 5.41) is 18.1. The van der Waals surface area contributed by atoms with Gasteiger partial charge in [-0.25, -0.2) is 14.4 Å². The Morgan fingerprint density at radius 3 is 2.59 bits per heavy atom. The van der Waals surface area contributed by atoms with Gasteiger partial charge >= 0.3 is 0 Å². The quantitative estimate of drug-likeness (QED) is 0.302. The lowest BCUT2D eigenvalue weighted by Crippen LogP contribution is -2.46. The van der Waals surface area contributed by atoms with Crippen molar-refractivity contribution in [2.75, 3.05) is 31.5 Å². The number of likely N-dealkylation sites (tertiary alicyclic amines) is 1. The van der Waals surface area contributed by atoms with Crippen LogP contribution in [-0.2, 0) is 12.0 Å². The topological polar surface area (TPSA) is 91.1 Å². The first-order valence-corrected chi connectivity index (χ1v) is 15.1. The molecule has 9 heteroatoms. The Hall–Kier alpha value is -3.40. The van der Waals surface area contributed by atoms with E-state index in [0.29, 0.717) is 47.3 Å². The van der Waals surface area contributed by atoms with Gasteiger partial charge in [-0.1, -0.05) is 25.1 Å². The van der Waals surface area contributed by atoms with Gasteiger partial charge in [0.2, 0.25) is 5.95 Å². The maximum atomic E-state index is 14.9. The molecule has 3 N–H and O–H groups in total. The lowest BCUT2D eigenvalue weighted by atomic mass is 9.88. The lowest BCUT2D eigenvalue weighted by Gasteiger charge is -2.39. The minimum Gasteiger partial charge on any atom is -0.384 e. The minimum atomic E-state index is -0.940. The fourth-order valence-corrected chi connectivity index (χ4v) is 6.96. The fourth-order valence-electron chi connectivity index (χ4n) is 6.96. The van der Waals surface area contributed by atoms with Crippen LogP contribution in [0.3, 0.4) is 0 Å². The highest BCUT2D eigenvalue weighted by atomic mass is 19.1. The highest BCUT2D eigenvalue weighted by molar-refractivity contribution is 5.79. The highest BCUT2D eigenvalue weighted by Crippen LogP contribution is 2.39. The van der Waals surface area contributed by atoms with E-state index >= 15 is 0 Å². The molecular weight excluding hydrogens is 517 g/mol. The van der Waals surface area contributed by atoms with Crippen molar-refractivity contribution in [3.63, 3.8) is 0 Å². The second kappa shape index (κ2) is 10.8. The maximum Gasteiger partial charge on any atom is 0.229 e. The summed E-state index contributed by atoms with van der Waals surface area (Å²) < 4.78 is 16.5. The average Bonchev–Trinajstić information content (AvgIpc) is 3.54. The molecule has 3 aromatic heterocycles. The number of nitrogens with one attached hydrogen (secondary N) is 2. The van der Waals surface area contributed by atoms with Gasteiger partial charge in [0.25, 0.3) is 0 Å². The molecule has 7 rings (SSSR count). The molecule has 0 unspecified atom stereocenters. The Morgan fingerprint density at radius 2 is 1.83 bits per heavy atom. The first-order chi connectivity index (χ1) is 20.0. The van der Waals surface area contributed by atoms with Gasteiger partial charge in [0.1, 0.15) is 11.4 Å². The van der Waals surface area contributed by atoms with Crippen LogP contribution in [0.1, 0.15) is 68.2 Å². The summed E-state index contributed by atoms with van der Waals surface area (Å²) in [6.45, 7) is 6.60. The predicted octanol–water partition coefficient (Wildman–Crippen LogP) is 5.17. The van der Waals surface area contributed by atoms with Crippen molar-refractivity contribution in [1.82, 2.24) is 29.7 Å². The third-order valence-corrected chi connectivity index (χ3v) is 9.53. The summed E-state index contributed by atoms with van der Waals surface area (Å²) in [6.07, 6.45) is 9.87. The van der Waals surface area contributed by atoms with Gasteiger partial charge in [0.05, 0.1) is 11.1 Å². The molecule has 214 valence electrons. The molecule has 0 amide bonds. The van der Waals surface area contributed by atoms with Gasteiger partial charge in [-0.3, -0.25) is 4.57 Å². The highest BCUT2D eigenvalue weighted by Gasteiger charge is 2.37. The monoisotopic (exact) mass is 555 g/mol. The third-order valence-electron chi connectivity index (χ3n) is 9.53. The summed E-state index contributed by atoms with van der Waals surface area (Å²) >= 11 is 0. The number of halogens is 1. The zero-order valence-corrected chi connectivity index (χ0v) is 23.6. The van der Waals surface area contributed by atoms with Gasteiger partial charge in [0.15, 0.2) is 11.5 Å². The van der Waals surface area contributed by atoms with E-state index in [2.05, 4.69) is 49.8 Å². The molecule has 2 aliphatic heterocycles. The van der Waals surface area contributed by atoms with Crippen molar-refractivity contribution in [1.29, 1.82) is 0 Å². The molecule has 0 radical (unpaired) electrons. The number of rotatable bonds is 6. The van der Waals surface area contributed by atoms with Crippen molar-refractivity contribution < 1.29 is 9.50 Å². The number of pyridine rings is 1. The molecular formula is C32H38FN7O. The number of benzene rings is 1. The number of piperidine rings is 2. The first kappa shape index (κ1) is 26.5. The largest absolute Gasteiger partial charge is 0.384 e. The second-order valence-corrected chi connectivity index (χ2v) is 11.9. The molecule has 3 aliphatic rings. The van der Waals surface area contributed by atoms with E-state index < -0.39 is 11.4 Å². The standard InChI is InChI=1S/C32H38FN7O/c1-2-32(41)14-9-23-5-8-28(37-29(23)32)40-20-27(33)26-19-35-31(38-30(26)40)36-24-6-3-21(4-7-24)22-12-17-39(18-13-22)25-10-15-34-16-11-25/h3-8,19-20,22,25,34,41H,2,9-18H2,1H3,(H,35,36,38)/t32-/m1/s1. The first-order valence-electron chi connectivity index (χ1n) is 15.1. The summed E-state index contributed by atoms with van der Waals surface area (Å²) in [4.78, 5) is 16.5. The van der Waals surface area contributed by atoms with Crippen molar-refractivity contribution in [3.05, 3.63) is 71.4 Å². The second-order valence-electron chi connectivity index (χ2n) is 11.9. The van der Waals surface area contributed by atoms with Crippen molar-refractivity contribution in [2.24, 2.45) is 0 Å². The molecule has 1 atom stereocenters. The Balaban J connectivity index is 1.07. The molecule has 41 heavy (non-hydrogen) atoms. The SMILES string of the molecule is CC[C@@]1(O)CCc2ccc(-n3cc(F)c4cnc(Nc5ccc(C6CCN(C7CCNCC7)CC6)cc5)nc43)nc21. The van der Waals surface area contributed by atoms with Crippen molar-refractivity contribution in [3.8, 4) is 5.82 Å². The Kier molecular flexibility index (Phi) is 6.97. The van der Waals surface area contributed by atoms with E-state index in [9.17, 15) is 9.50 Å². The number of nitrogens with zero attached hydrogens (tertiary/aromatic N) is 5. The van der Waals surface area contributed by atoms with Gasteiger partial charge in [-0.05, 0) is 106 Å². The number of aliphatic hydroxyl groups is 1. The molecule has 1 aliphatic carbocycles. The average molecular weight is 556 g/mol. The summed E-state index contributed by atoms with van der Waals surface area (Å²) in [7, 11) is 0. The number of anilines is 2. The third kappa shape index (κ3) is 5.00. The Morgan fingerprint density at radius 1 is 1.05 bits per heavy atom. The molecule has 2 saturated heterocycles. The van der Waals surface area contributed by atoms with Crippen molar-refractivity contribution in [2.45, 2.75) is 69.4 Å². The van der Waals surface area contributed by atoms with Crippen LogP contribution in [-0.4, -0.2) is 61.7 Å². The number of hydrogen-bond donors (Lipinski definition) is 3. The molecule has 0 bridgehead atoms. The minimum absolute atomic E-state index is 0.329. The maximum absolute atomic E-state index is 14.9. The van der Waals surface area contributed by atoms with Crippen LogP contribution in [0.5, 0.6) is 0 Å². The Bertz CT molecular complexity index is 1540. The van der Waals surface area contributed by atoms with Crippen LogP contribution >= 0.6 is 0 Å². The van der Waals surface area contributed by atoms with Crippen LogP contribution < -0.4 is 10.6 Å². The molecule has 8 nitrogen and oxygen atoms in total. The molecule has 0 saturated carbocycles. The number of aromatic nitrogens is 4. The van der Waals surface area contributed by atoms with Crippen molar-refractivity contribution >= 4 is 22.7 Å². The van der Waals surface area contributed by atoms with Gasteiger partial charge in [0, 0.05) is 24.1 Å². The van der Waals surface area contributed by atoms with E-state index in [-0.39, 0.29) is 0 Å². The van der Waals surface area contributed by atoms with E-state index in [1.807, 2.05) is 19.1 Å². The van der Waals surface area contributed by atoms with Crippen LogP contribution in [0, 0.1) is 5.82 Å². The molecule has 0 spiro atoms. The van der Waals surface area contributed by atoms with Crippen LogP contribution in [0.15, 0.2) is 48.8 Å². The summed E-state index contributed by atoms with van der Waals surface area (Å²) in [5.74, 6) is 1.11. The van der Waals surface area contributed by atoms with E-state index in [1.54, 1.807) is 4.57 Å². The predicted molar refractivity (Wildman–Crippen MR) is 158 cm³/mol. The van der Waals surface area contributed by atoms with Crippen LogP contribution in [0.2, 0.25) is 0 Å². The molecule has 2 fully saturated rings. The molecule has 5 heterocycles. The molecule has 1 aromatic carbocycles. The van der Waals surface area contributed by atoms with Crippen LogP contribution in [0.4, 0.5) is 16.0 Å². The molecule has 4 aromatic rings. The van der Waals surface area contributed by atoms with Crippen LogP contribution in [0.25, 0.3) is 16.9 Å². The summed E-state index contributed by atoms with van der Waals surface area (Å²) in [6, 6.07) is 13.2. The number of aryl methyl sites for hydroxylation is 1. The smallest absolute Gasteiger partial charge is 0.229 e. The van der Waals surface area contributed by atoms with Gasteiger partial charge in [-0.2, -0.15) is 4.98 Å². The zero-order valence-electron chi connectivity index (χ0n) is 23.6.